The molecule has 4 nitrogen and oxygen atoms in total. The molecule has 4 heteroatoms. The van der Waals surface area contributed by atoms with E-state index in [0.717, 1.165) is 11.2 Å². The number of carbonyl (C=O) groups is 1. The number of aryl methyl sites for hydroxylation is 1. The van der Waals surface area contributed by atoms with E-state index in [2.05, 4.69) is 15.8 Å². The summed E-state index contributed by atoms with van der Waals surface area (Å²) in [6, 6.07) is 6.11. The van der Waals surface area contributed by atoms with Gasteiger partial charge in [-0.25, -0.2) is 0 Å². The van der Waals surface area contributed by atoms with Crippen LogP contribution in [0.3, 0.4) is 0 Å². The molecule has 0 aliphatic heterocycles. The van der Waals surface area contributed by atoms with Crippen LogP contribution in [0.4, 0.5) is 5.69 Å². The Labute approximate surface area is 94.4 Å². The van der Waals surface area contributed by atoms with Crippen molar-refractivity contribution in [1.29, 1.82) is 0 Å². The molecule has 0 amide bonds. The maximum Gasteiger partial charge on any atom is 0.293 e. The Morgan fingerprint density at radius 2 is 2.25 bits per heavy atom. The van der Waals surface area contributed by atoms with Crippen LogP contribution in [-0.4, -0.2) is 18.1 Å². The van der Waals surface area contributed by atoms with Crippen molar-refractivity contribution in [3.8, 4) is 0 Å². The first-order valence-electron chi connectivity index (χ1n) is 5.07. The Morgan fingerprint density at radius 3 is 2.81 bits per heavy atom. The van der Waals surface area contributed by atoms with Crippen molar-refractivity contribution in [3.05, 3.63) is 30.0 Å². The van der Waals surface area contributed by atoms with E-state index in [-0.39, 0.29) is 0 Å². The number of anilines is 1. The van der Waals surface area contributed by atoms with Crippen LogP contribution in [0.5, 0.6) is 0 Å². The van der Waals surface area contributed by atoms with Gasteiger partial charge in [-0.3, -0.25) is 4.79 Å². The minimum Gasteiger partial charge on any atom is -0.468 e. The van der Waals surface area contributed by atoms with Crippen LogP contribution < -0.4 is 5.73 Å². The van der Waals surface area contributed by atoms with Gasteiger partial charge in [-0.15, -0.1) is 0 Å². The van der Waals surface area contributed by atoms with Crippen molar-refractivity contribution in [1.82, 2.24) is 4.98 Å². The molecular weight excluding hydrogens is 204 g/mol. The predicted octanol–water partition coefficient (Wildman–Crippen LogP) is 2.24. The van der Waals surface area contributed by atoms with Gasteiger partial charge in [0.05, 0.1) is 17.8 Å². The summed E-state index contributed by atoms with van der Waals surface area (Å²) in [5, 5.41) is 1.18. The fraction of sp³-hybridized carbons (Fsp3) is 0.250. The van der Waals surface area contributed by atoms with Gasteiger partial charge in [-0.05, 0) is 37.6 Å². The summed E-state index contributed by atoms with van der Waals surface area (Å²) in [4.78, 5) is 12.3. The second-order valence-corrected chi connectivity index (χ2v) is 3.35. The highest BCUT2D eigenvalue weighted by Crippen LogP contribution is 2.20. The monoisotopic (exact) mass is 220 g/mol. The van der Waals surface area contributed by atoms with Gasteiger partial charge in [0.1, 0.15) is 0 Å². The van der Waals surface area contributed by atoms with Crippen LogP contribution in [-0.2, 0) is 9.53 Å². The van der Waals surface area contributed by atoms with E-state index in [1.54, 1.807) is 6.92 Å². The Kier molecular flexibility index (Phi) is 4.39. The molecule has 0 fully saturated rings. The first kappa shape index (κ1) is 12.1. The number of hydrogen-bond donors (Lipinski definition) is 2. The summed E-state index contributed by atoms with van der Waals surface area (Å²) in [7, 11) is 0. The van der Waals surface area contributed by atoms with E-state index in [1.807, 2.05) is 25.3 Å². The van der Waals surface area contributed by atoms with Gasteiger partial charge < -0.3 is 15.5 Å². The van der Waals surface area contributed by atoms with Crippen molar-refractivity contribution in [3.63, 3.8) is 0 Å². The Balaban J connectivity index is 0.000000221. The van der Waals surface area contributed by atoms with Crippen LogP contribution in [0.1, 0.15) is 12.5 Å². The van der Waals surface area contributed by atoms with E-state index in [4.69, 9.17) is 5.73 Å². The van der Waals surface area contributed by atoms with Gasteiger partial charge in [-0.2, -0.15) is 0 Å². The normalized spacial score (nSPS) is 9.38. The Morgan fingerprint density at radius 1 is 1.50 bits per heavy atom. The molecule has 0 saturated heterocycles. The third-order valence-electron chi connectivity index (χ3n) is 2.07. The highest BCUT2D eigenvalue weighted by molar-refractivity contribution is 5.90. The number of ether oxygens (including phenoxy) is 1. The van der Waals surface area contributed by atoms with Crippen LogP contribution in [0.15, 0.2) is 24.4 Å². The molecule has 86 valence electrons. The summed E-state index contributed by atoms with van der Waals surface area (Å²) in [6.07, 6.45) is 1.90. The average Bonchev–Trinajstić information content (AvgIpc) is 2.68. The van der Waals surface area contributed by atoms with Crippen LogP contribution in [0, 0.1) is 6.92 Å². The smallest absolute Gasteiger partial charge is 0.293 e. The van der Waals surface area contributed by atoms with Gasteiger partial charge in [0.2, 0.25) is 0 Å². The van der Waals surface area contributed by atoms with Gasteiger partial charge in [-0.1, -0.05) is 0 Å². The van der Waals surface area contributed by atoms with Gasteiger partial charge >= 0.3 is 0 Å². The number of nitrogens with one attached hydrogen (secondary N) is 1. The maximum atomic E-state index is 9.18. The number of benzene rings is 1. The van der Waals surface area contributed by atoms with Crippen LogP contribution in [0.2, 0.25) is 0 Å². The molecular formula is C12H16N2O2. The number of H-pyrrole nitrogens is 1. The minimum atomic E-state index is 0.431. The lowest BCUT2D eigenvalue weighted by atomic mass is 10.1. The number of rotatable bonds is 2. The number of hydrogen-bond acceptors (Lipinski definition) is 3. The third-order valence-corrected chi connectivity index (χ3v) is 2.07. The summed E-state index contributed by atoms with van der Waals surface area (Å²) in [5.74, 6) is 0. The highest BCUT2D eigenvalue weighted by atomic mass is 16.5. The lowest BCUT2D eigenvalue weighted by Crippen LogP contribution is -1.86. The van der Waals surface area contributed by atoms with Gasteiger partial charge in [0.15, 0.2) is 0 Å². The maximum absolute atomic E-state index is 9.18. The number of carbonyl (C=O) groups excluding carboxylic acids is 1. The second-order valence-electron chi connectivity index (χ2n) is 3.35. The Bertz CT molecular complexity index is 463. The third kappa shape index (κ3) is 3.02. The summed E-state index contributed by atoms with van der Waals surface area (Å²) >= 11 is 0. The molecule has 1 heterocycles. The second kappa shape index (κ2) is 5.80. The zero-order valence-corrected chi connectivity index (χ0v) is 9.49. The number of aromatic nitrogens is 1. The highest BCUT2D eigenvalue weighted by Gasteiger charge is 1.98. The fourth-order valence-electron chi connectivity index (χ4n) is 1.42. The van der Waals surface area contributed by atoms with E-state index < -0.39 is 0 Å². The van der Waals surface area contributed by atoms with E-state index in [9.17, 15) is 4.79 Å². The predicted molar refractivity (Wildman–Crippen MR) is 65.1 cm³/mol. The minimum absolute atomic E-state index is 0.431. The lowest BCUT2D eigenvalue weighted by molar-refractivity contribution is -0.128. The SMILES string of the molecule is CCOC=O.Cc1cc(N)c2[nH]ccc2c1. The largest absolute Gasteiger partial charge is 0.468 e. The molecule has 0 spiro atoms. The number of fused-ring (bicyclic) bond motifs is 1. The molecule has 0 radical (unpaired) electrons. The summed E-state index contributed by atoms with van der Waals surface area (Å²) < 4.78 is 4.15. The molecule has 3 N–H and O–H groups in total. The fourth-order valence-corrected chi connectivity index (χ4v) is 1.42. The number of nitrogens with two attached hydrogens (primary N) is 1. The molecule has 1 aromatic heterocycles. The quantitative estimate of drug-likeness (QED) is 0.602. The molecule has 0 aliphatic rings. The lowest BCUT2D eigenvalue weighted by Gasteiger charge is -1.97. The summed E-state index contributed by atoms with van der Waals surface area (Å²) in [5.41, 5.74) is 8.84. The molecule has 2 rings (SSSR count). The zero-order valence-electron chi connectivity index (χ0n) is 9.49. The molecule has 0 aliphatic carbocycles. The standard InChI is InChI=1S/C9H10N2.C3H6O2/c1-6-4-7-2-3-11-9(7)8(10)5-6;1-2-5-3-4/h2-5,11H,10H2,1H3;3H,2H2,1H3. The molecule has 2 aromatic rings. The van der Waals surface area contributed by atoms with Gasteiger partial charge in [0.25, 0.3) is 6.47 Å². The summed E-state index contributed by atoms with van der Waals surface area (Å²) in [6.45, 7) is 4.71. The van der Waals surface area contributed by atoms with Crippen molar-refractivity contribution in [2.75, 3.05) is 12.3 Å². The van der Waals surface area contributed by atoms with E-state index >= 15 is 0 Å². The first-order chi connectivity index (χ1) is 7.69. The van der Waals surface area contributed by atoms with Crippen LogP contribution in [0.25, 0.3) is 10.9 Å². The van der Waals surface area contributed by atoms with E-state index in [1.165, 1.54) is 10.9 Å². The molecule has 0 unspecified atom stereocenters. The average molecular weight is 220 g/mol. The van der Waals surface area contributed by atoms with E-state index in [0.29, 0.717) is 13.1 Å². The first-order valence-corrected chi connectivity index (χ1v) is 5.07. The molecule has 1 aromatic carbocycles. The zero-order chi connectivity index (χ0) is 12.0. The molecule has 0 saturated carbocycles. The van der Waals surface area contributed by atoms with Crippen molar-refractivity contribution in [2.24, 2.45) is 0 Å². The van der Waals surface area contributed by atoms with Crippen molar-refractivity contribution >= 4 is 23.1 Å². The number of aromatic amines is 1. The Hall–Kier alpha value is -1.97. The molecule has 16 heavy (non-hydrogen) atoms. The van der Waals surface area contributed by atoms with Crippen molar-refractivity contribution in [2.45, 2.75) is 13.8 Å². The molecule has 0 bridgehead atoms. The van der Waals surface area contributed by atoms with Crippen LogP contribution >= 0.6 is 0 Å². The van der Waals surface area contributed by atoms with Crippen molar-refractivity contribution < 1.29 is 9.53 Å². The molecule has 0 atom stereocenters. The topological polar surface area (TPSA) is 68.1 Å². The number of nitrogen functional groups attached to an aromatic ring is 1. The van der Waals surface area contributed by atoms with Gasteiger partial charge in [0, 0.05) is 11.6 Å².